The third kappa shape index (κ3) is 2.77. The van der Waals surface area contributed by atoms with Crippen molar-refractivity contribution in [2.24, 2.45) is 0 Å². The van der Waals surface area contributed by atoms with Gasteiger partial charge in [0.15, 0.2) is 0 Å². The predicted molar refractivity (Wildman–Crippen MR) is 81.0 cm³/mol. The second kappa shape index (κ2) is 6.51. The molecule has 1 aromatic carbocycles. The number of carbonyl (C=O) groups is 4. The SMILES string of the molecule is CC.O=C1CC[C@H](N2C(=O)Cc3ccccc3C2=O)C(=O)N1.[HH]. The Kier molecular flexibility index (Phi) is 4.70. The topological polar surface area (TPSA) is 83.6 Å². The van der Waals surface area contributed by atoms with Crippen molar-refractivity contribution < 1.29 is 20.6 Å². The number of rotatable bonds is 1. The smallest absolute Gasteiger partial charge is 0.261 e. The van der Waals surface area contributed by atoms with E-state index in [2.05, 4.69) is 5.32 Å². The van der Waals surface area contributed by atoms with Gasteiger partial charge in [-0.25, -0.2) is 0 Å². The fraction of sp³-hybridized carbons (Fsp3) is 0.375. The van der Waals surface area contributed by atoms with Crippen molar-refractivity contribution in [3.05, 3.63) is 35.4 Å². The quantitative estimate of drug-likeness (QED) is 0.792. The summed E-state index contributed by atoms with van der Waals surface area (Å²) in [5.74, 6) is -1.82. The first-order valence-corrected chi connectivity index (χ1v) is 7.36. The number of nitrogens with one attached hydrogen (secondary N) is 1. The summed E-state index contributed by atoms with van der Waals surface area (Å²) >= 11 is 0. The minimum atomic E-state index is -0.888. The van der Waals surface area contributed by atoms with E-state index in [1.807, 2.05) is 13.8 Å². The molecule has 0 spiro atoms. The van der Waals surface area contributed by atoms with Crippen molar-refractivity contribution >= 4 is 23.6 Å². The number of benzene rings is 1. The van der Waals surface area contributed by atoms with Gasteiger partial charge >= 0.3 is 0 Å². The Labute approximate surface area is 130 Å². The summed E-state index contributed by atoms with van der Waals surface area (Å²) in [4.78, 5) is 48.5. The van der Waals surface area contributed by atoms with Gasteiger partial charge in [0.25, 0.3) is 5.91 Å². The lowest BCUT2D eigenvalue weighted by atomic mass is 9.95. The number of imide groups is 2. The number of nitrogens with zero attached hydrogens (tertiary/aromatic N) is 1. The average molecular weight is 304 g/mol. The maximum atomic E-state index is 12.4. The fourth-order valence-corrected chi connectivity index (χ4v) is 2.62. The third-order valence-corrected chi connectivity index (χ3v) is 3.60. The summed E-state index contributed by atoms with van der Waals surface area (Å²) in [5.41, 5.74) is 1.11. The van der Waals surface area contributed by atoms with Crippen LogP contribution in [0.4, 0.5) is 0 Å². The first kappa shape index (κ1) is 15.9. The summed E-state index contributed by atoms with van der Waals surface area (Å²) in [6.45, 7) is 4.00. The van der Waals surface area contributed by atoms with E-state index in [0.29, 0.717) is 11.1 Å². The van der Waals surface area contributed by atoms with Gasteiger partial charge in [0.05, 0.1) is 6.42 Å². The minimum absolute atomic E-state index is 0. The highest BCUT2D eigenvalue weighted by atomic mass is 16.2. The van der Waals surface area contributed by atoms with E-state index < -0.39 is 23.8 Å². The van der Waals surface area contributed by atoms with E-state index in [9.17, 15) is 19.2 Å². The highest BCUT2D eigenvalue weighted by molar-refractivity contribution is 6.13. The van der Waals surface area contributed by atoms with Gasteiger partial charge in [0.1, 0.15) is 6.04 Å². The van der Waals surface area contributed by atoms with E-state index in [1.165, 1.54) is 0 Å². The molecule has 0 aromatic heterocycles. The van der Waals surface area contributed by atoms with Crippen LogP contribution in [-0.2, 0) is 20.8 Å². The Bertz CT molecular complexity index is 645. The number of hydrogen-bond acceptors (Lipinski definition) is 4. The van der Waals surface area contributed by atoms with Gasteiger partial charge < -0.3 is 0 Å². The highest BCUT2D eigenvalue weighted by Gasteiger charge is 2.41. The van der Waals surface area contributed by atoms with Gasteiger partial charge in [-0.2, -0.15) is 0 Å². The molecule has 118 valence electrons. The largest absolute Gasteiger partial charge is 0.295 e. The molecule has 1 saturated heterocycles. The van der Waals surface area contributed by atoms with Crippen molar-refractivity contribution in [3.63, 3.8) is 0 Å². The molecule has 6 nitrogen and oxygen atoms in total. The lowest BCUT2D eigenvalue weighted by molar-refractivity contribution is -0.143. The van der Waals surface area contributed by atoms with Crippen LogP contribution in [0.2, 0.25) is 0 Å². The zero-order chi connectivity index (χ0) is 16.3. The lowest BCUT2D eigenvalue weighted by Crippen LogP contribution is -2.57. The van der Waals surface area contributed by atoms with Gasteiger partial charge in [-0.05, 0) is 18.1 Å². The molecule has 2 aliphatic rings. The summed E-state index contributed by atoms with van der Waals surface area (Å²) in [5, 5.41) is 2.17. The van der Waals surface area contributed by atoms with Crippen LogP contribution in [0.1, 0.15) is 44.0 Å². The van der Waals surface area contributed by atoms with Crippen LogP contribution in [0.15, 0.2) is 24.3 Å². The van der Waals surface area contributed by atoms with Crippen molar-refractivity contribution in [2.75, 3.05) is 0 Å². The van der Waals surface area contributed by atoms with Crippen LogP contribution in [0.5, 0.6) is 0 Å². The van der Waals surface area contributed by atoms with E-state index in [1.54, 1.807) is 24.3 Å². The van der Waals surface area contributed by atoms with Crippen LogP contribution in [0, 0.1) is 0 Å². The number of carbonyl (C=O) groups excluding carboxylic acids is 4. The summed E-state index contributed by atoms with van der Waals surface area (Å²) in [7, 11) is 0. The Morgan fingerprint density at radius 3 is 2.50 bits per heavy atom. The first-order chi connectivity index (χ1) is 10.6. The Hall–Kier alpha value is -2.50. The molecule has 0 saturated carbocycles. The van der Waals surface area contributed by atoms with Gasteiger partial charge in [-0.1, -0.05) is 32.0 Å². The lowest BCUT2D eigenvalue weighted by Gasteiger charge is -2.34. The number of hydrogen-bond donors (Lipinski definition) is 1. The standard InChI is InChI=1S/C14H12N2O4.C2H6.H2/c17-11-6-5-10(13(19)15-11)16-12(18)7-8-3-1-2-4-9(8)14(16)20;1-2;/h1-4,10H,5-7H2,(H,15,17,19);1-2H3;1H/t10-;;/m0../s1. The molecule has 1 atom stereocenters. The van der Waals surface area contributed by atoms with Crippen molar-refractivity contribution in [3.8, 4) is 0 Å². The maximum Gasteiger partial charge on any atom is 0.261 e. The van der Waals surface area contributed by atoms with Gasteiger partial charge in [-0.3, -0.25) is 29.4 Å². The van der Waals surface area contributed by atoms with Gasteiger partial charge in [0.2, 0.25) is 17.7 Å². The molecule has 0 aliphatic carbocycles. The van der Waals surface area contributed by atoms with Crippen molar-refractivity contribution in [1.29, 1.82) is 0 Å². The molecule has 1 aromatic rings. The van der Waals surface area contributed by atoms with E-state index in [4.69, 9.17) is 0 Å². The van der Waals surface area contributed by atoms with E-state index >= 15 is 0 Å². The van der Waals surface area contributed by atoms with Crippen LogP contribution >= 0.6 is 0 Å². The van der Waals surface area contributed by atoms with E-state index in [0.717, 1.165) is 4.90 Å². The number of amides is 4. The normalized spacial score (nSPS) is 20.8. The second-order valence-corrected chi connectivity index (χ2v) is 4.87. The molecule has 1 N–H and O–H groups in total. The van der Waals surface area contributed by atoms with Crippen LogP contribution in [0.25, 0.3) is 0 Å². The highest BCUT2D eigenvalue weighted by Crippen LogP contribution is 2.24. The summed E-state index contributed by atoms with van der Waals surface area (Å²) in [6, 6.07) is 5.97. The first-order valence-electron chi connectivity index (χ1n) is 7.36. The second-order valence-electron chi connectivity index (χ2n) is 4.87. The minimum Gasteiger partial charge on any atom is -0.295 e. The predicted octanol–water partition coefficient (Wildman–Crippen LogP) is 1.29. The molecule has 22 heavy (non-hydrogen) atoms. The van der Waals surface area contributed by atoms with Crippen LogP contribution in [0.3, 0.4) is 0 Å². The molecular weight excluding hydrogens is 284 g/mol. The molecule has 1 fully saturated rings. The summed E-state index contributed by atoms with van der Waals surface area (Å²) in [6.07, 6.45) is 0.416. The number of piperidine rings is 1. The molecule has 2 aliphatic heterocycles. The van der Waals surface area contributed by atoms with Gasteiger partial charge in [-0.15, -0.1) is 0 Å². The maximum absolute atomic E-state index is 12.4. The zero-order valence-corrected chi connectivity index (χ0v) is 12.6. The molecule has 6 heteroatoms. The molecule has 0 unspecified atom stereocenters. The van der Waals surface area contributed by atoms with Gasteiger partial charge in [0, 0.05) is 13.4 Å². The Balaban J connectivity index is 0.000000849. The molecule has 2 heterocycles. The molecule has 0 bridgehead atoms. The van der Waals surface area contributed by atoms with Crippen molar-refractivity contribution in [2.45, 2.75) is 39.2 Å². The molecule has 0 radical (unpaired) electrons. The Morgan fingerprint density at radius 1 is 1.14 bits per heavy atom. The summed E-state index contributed by atoms with van der Waals surface area (Å²) < 4.78 is 0. The molecular formula is C16H20N2O4. The monoisotopic (exact) mass is 304 g/mol. The van der Waals surface area contributed by atoms with E-state index in [-0.39, 0.29) is 26.6 Å². The average Bonchev–Trinajstić information content (AvgIpc) is 2.51. The number of fused-ring (bicyclic) bond motifs is 1. The van der Waals surface area contributed by atoms with Crippen molar-refractivity contribution in [1.82, 2.24) is 10.2 Å². The van der Waals surface area contributed by atoms with Crippen LogP contribution in [-0.4, -0.2) is 34.6 Å². The molecule has 3 rings (SSSR count). The zero-order valence-electron chi connectivity index (χ0n) is 12.6. The fourth-order valence-electron chi connectivity index (χ4n) is 2.62. The Morgan fingerprint density at radius 2 is 1.82 bits per heavy atom. The molecule has 4 amide bonds. The van der Waals surface area contributed by atoms with Crippen LogP contribution < -0.4 is 5.32 Å². The third-order valence-electron chi connectivity index (χ3n) is 3.60.